The van der Waals surface area contributed by atoms with Gasteiger partial charge in [0.05, 0.1) is 5.69 Å². The Morgan fingerprint density at radius 3 is 2.59 bits per heavy atom. The Kier molecular flexibility index (Phi) is 3.36. The van der Waals surface area contributed by atoms with Crippen molar-refractivity contribution in [2.75, 3.05) is 11.4 Å². The van der Waals surface area contributed by atoms with Gasteiger partial charge in [-0.2, -0.15) is 0 Å². The van der Waals surface area contributed by atoms with Crippen LogP contribution in [-0.2, 0) is 0 Å². The molecule has 0 aliphatic carbocycles. The lowest BCUT2D eigenvalue weighted by atomic mass is 10.0. The van der Waals surface area contributed by atoms with Crippen LogP contribution >= 0.6 is 0 Å². The van der Waals surface area contributed by atoms with Crippen LogP contribution in [0.1, 0.15) is 32.3 Å². The molecule has 1 heterocycles. The zero-order valence-corrected chi connectivity index (χ0v) is 10.6. The molecule has 1 aromatic carbocycles. The summed E-state index contributed by atoms with van der Waals surface area (Å²) < 4.78 is 27.0. The quantitative estimate of drug-likeness (QED) is 0.756. The first kappa shape index (κ1) is 12.3. The molecule has 1 atom stereocenters. The summed E-state index contributed by atoms with van der Waals surface area (Å²) in [5, 5.41) is 0. The van der Waals surface area contributed by atoms with E-state index in [4.69, 9.17) is 0 Å². The molecule has 0 bridgehead atoms. The van der Waals surface area contributed by atoms with Crippen molar-refractivity contribution in [2.45, 2.75) is 39.7 Å². The number of hydrogen-bond donors (Lipinski definition) is 0. The summed E-state index contributed by atoms with van der Waals surface area (Å²) >= 11 is 0. The minimum Gasteiger partial charge on any atom is -0.366 e. The van der Waals surface area contributed by atoms with Gasteiger partial charge in [-0.1, -0.05) is 13.8 Å². The fourth-order valence-electron chi connectivity index (χ4n) is 2.82. The van der Waals surface area contributed by atoms with Crippen molar-refractivity contribution in [2.24, 2.45) is 5.92 Å². The monoisotopic (exact) mass is 239 g/mol. The third-order valence-corrected chi connectivity index (χ3v) is 3.57. The molecule has 1 aliphatic rings. The highest BCUT2D eigenvalue weighted by molar-refractivity contribution is 5.56. The summed E-state index contributed by atoms with van der Waals surface area (Å²) in [7, 11) is 0. The van der Waals surface area contributed by atoms with Gasteiger partial charge in [-0.15, -0.1) is 0 Å². The summed E-state index contributed by atoms with van der Waals surface area (Å²) in [6.07, 6.45) is 2.17. The van der Waals surface area contributed by atoms with Gasteiger partial charge in [0.15, 0.2) is 0 Å². The predicted molar refractivity (Wildman–Crippen MR) is 66.3 cm³/mol. The molecule has 0 amide bonds. The summed E-state index contributed by atoms with van der Waals surface area (Å²) in [6, 6.07) is 2.76. The van der Waals surface area contributed by atoms with Crippen LogP contribution in [0.5, 0.6) is 0 Å². The van der Waals surface area contributed by atoms with E-state index in [1.165, 1.54) is 6.07 Å². The molecule has 1 aliphatic heterocycles. The molecule has 0 saturated carbocycles. The van der Waals surface area contributed by atoms with Crippen molar-refractivity contribution in [3.8, 4) is 0 Å². The molecular formula is C14H19F2N. The van der Waals surface area contributed by atoms with Crippen molar-refractivity contribution in [3.63, 3.8) is 0 Å². The second kappa shape index (κ2) is 4.63. The van der Waals surface area contributed by atoms with E-state index in [1.54, 1.807) is 6.92 Å². The van der Waals surface area contributed by atoms with Gasteiger partial charge in [-0.25, -0.2) is 8.78 Å². The number of rotatable bonds is 2. The minimum atomic E-state index is -0.496. The Balaban J connectivity index is 2.40. The molecule has 0 aromatic heterocycles. The van der Waals surface area contributed by atoms with E-state index in [9.17, 15) is 8.78 Å². The Morgan fingerprint density at radius 1 is 1.29 bits per heavy atom. The summed E-state index contributed by atoms with van der Waals surface area (Å²) in [4.78, 5) is 2.11. The third-order valence-electron chi connectivity index (χ3n) is 3.57. The van der Waals surface area contributed by atoms with Crippen LogP contribution in [0.25, 0.3) is 0 Å². The maximum atomic E-state index is 13.9. The first-order chi connectivity index (χ1) is 8.00. The van der Waals surface area contributed by atoms with E-state index >= 15 is 0 Å². The molecule has 1 fully saturated rings. The maximum absolute atomic E-state index is 13.9. The lowest BCUT2D eigenvalue weighted by Crippen LogP contribution is -2.34. The van der Waals surface area contributed by atoms with Gasteiger partial charge >= 0.3 is 0 Å². The molecule has 0 radical (unpaired) electrons. The third kappa shape index (κ3) is 2.28. The number of anilines is 1. The molecular weight excluding hydrogens is 220 g/mol. The Morgan fingerprint density at radius 2 is 2.00 bits per heavy atom. The van der Waals surface area contributed by atoms with E-state index in [0.29, 0.717) is 23.2 Å². The van der Waals surface area contributed by atoms with Gasteiger partial charge in [-0.3, -0.25) is 0 Å². The fraction of sp³-hybridized carbons (Fsp3) is 0.571. The van der Waals surface area contributed by atoms with E-state index in [-0.39, 0.29) is 0 Å². The zero-order chi connectivity index (χ0) is 12.6. The molecule has 1 aromatic rings. The smallest absolute Gasteiger partial charge is 0.149 e. The zero-order valence-electron chi connectivity index (χ0n) is 10.6. The molecule has 1 unspecified atom stereocenters. The molecule has 1 nitrogen and oxygen atoms in total. The van der Waals surface area contributed by atoms with Crippen molar-refractivity contribution in [3.05, 3.63) is 29.3 Å². The van der Waals surface area contributed by atoms with Crippen LogP contribution in [0.4, 0.5) is 14.5 Å². The second-order valence-corrected chi connectivity index (χ2v) is 5.20. The molecule has 94 valence electrons. The molecule has 0 spiro atoms. The first-order valence-electron chi connectivity index (χ1n) is 6.23. The van der Waals surface area contributed by atoms with Crippen LogP contribution in [-0.4, -0.2) is 12.6 Å². The average Bonchev–Trinajstić information content (AvgIpc) is 2.64. The van der Waals surface area contributed by atoms with E-state index in [2.05, 4.69) is 18.7 Å². The van der Waals surface area contributed by atoms with Crippen LogP contribution in [0.15, 0.2) is 12.1 Å². The lowest BCUT2D eigenvalue weighted by molar-refractivity contribution is 0.484. The van der Waals surface area contributed by atoms with E-state index < -0.39 is 11.6 Å². The van der Waals surface area contributed by atoms with Crippen molar-refractivity contribution < 1.29 is 8.78 Å². The van der Waals surface area contributed by atoms with Gasteiger partial charge in [0.1, 0.15) is 11.6 Å². The Bertz CT molecular complexity index is 392. The van der Waals surface area contributed by atoms with Crippen molar-refractivity contribution >= 4 is 5.69 Å². The highest BCUT2D eigenvalue weighted by Crippen LogP contribution is 2.34. The highest BCUT2D eigenvalue weighted by Gasteiger charge is 2.30. The van der Waals surface area contributed by atoms with Crippen molar-refractivity contribution in [1.82, 2.24) is 0 Å². The van der Waals surface area contributed by atoms with E-state index in [1.807, 2.05) is 0 Å². The lowest BCUT2D eigenvalue weighted by Gasteiger charge is -2.31. The highest BCUT2D eigenvalue weighted by atomic mass is 19.1. The molecule has 17 heavy (non-hydrogen) atoms. The Labute approximate surface area is 101 Å². The van der Waals surface area contributed by atoms with Crippen LogP contribution < -0.4 is 4.90 Å². The topological polar surface area (TPSA) is 3.24 Å². The molecule has 0 N–H and O–H groups in total. The largest absolute Gasteiger partial charge is 0.366 e. The predicted octanol–water partition coefficient (Wildman–Crippen LogP) is 3.90. The maximum Gasteiger partial charge on any atom is 0.149 e. The van der Waals surface area contributed by atoms with Crippen LogP contribution in [0, 0.1) is 24.5 Å². The number of hydrogen-bond acceptors (Lipinski definition) is 1. The van der Waals surface area contributed by atoms with Crippen LogP contribution in [0.3, 0.4) is 0 Å². The number of aryl methyl sites for hydroxylation is 1. The summed E-state index contributed by atoms with van der Waals surface area (Å²) in [5.74, 6) is -0.444. The molecule has 3 heteroatoms. The summed E-state index contributed by atoms with van der Waals surface area (Å²) in [5.41, 5.74) is 1.28. The van der Waals surface area contributed by atoms with Crippen LogP contribution in [0.2, 0.25) is 0 Å². The fourth-order valence-corrected chi connectivity index (χ4v) is 2.82. The standard InChI is InChI=1S/C14H19F2N/c1-9(2)13-5-4-6-17(13)14-10(3)7-11(15)8-12(14)16/h7-9,13H,4-6H2,1-3H3. The van der Waals surface area contributed by atoms with Gasteiger partial charge in [0.2, 0.25) is 0 Å². The molecule has 2 rings (SSSR count). The SMILES string of the molecule is Cc1cc(F)cc(F)c1N1CCCC1C(C)C. The minimum absolute atomic E-state index is 0.369. The number of nitrogens with zero attached hydrogens (tertiary/aromatic N) is 1. The first-order valence-corrected chi connectivity index (χ1v) is 6.23. The van der Waals surface area contributed by atoms with Gasteiger partial charge in [-0.05, 0) is 37.3 Å². The average molecular weight is 239 g/mol. The van der Waals surface area contributed by atoms with Gasteiger partial charge in [0, 0.05) is 18.7 Å². The Hall–Kier alpha value is -1.12. The van der Waals surface area contributed by atoms with Gasteiger partial charge < -0.3 is 4.90 Å². The van der Waals surface area contributed by atoms with E-state index in [0.717, 1.165) is 25.5 Å². The second-order valence-electron chi connectivity index (χ2n) is 5.20. The number of halogens is 2. The van der Waals surface area contributed by atoms with Gasteiger partial charge in [0.25, 0.3) is 0 Å². The normalized spacial score (nSPS) is 20.4. The number of benzene rings is 1. The molecule has 1 saturated heterocycles. The van der Waals surface area contributed by atoms with Crippen molar-refractivity contribution in [1.29, 1.82) is 0 Å². The summed E-state index contributed by atoms with van der Waals surface area (Å²) in [6.45, 7) is 6.95.